The van der Waals surface area contributed by atoms with Crippen LogP contribution in [0.2, 0.25) is 0 Å². The van der Waals surface area contributed by atoms with Crippen LogP contribution in [0.4, 0.5) is 10.1 Å². The Morgan fingerprint density at radius 3 is 2.22 bits per heavy atom. The summed E-state index contributed by atoms with van der Waals surface area (Å²) in [5.41, 5.74) is 2.17. The Labute approximate surface area is 141 Å². The van der Waals surface area contributed by atoms with Gasteiger partial charge in [-0.25, -0.2) is 18.7 Å². The van der Waals surface area contributed by atoms with Gasteiger partial charge in [0.25, 0.3) is 15.9 Å². The Hall–Kier alpha value is -1.97. The highest BCUT2D eigenvalue weighted by atomic mass is 79.9. The molecule has 3 N–H and O–H groups in total. The first-order valence-corrected chi connectivity index (χ1v) is 8.61. The van der Waals surface area contributed by atoms with Crippen LogP contribution in [-0.2, 0) is 14.8 Å². The van der Waals surface area contributed by atoms with Crippen LogP contribution in [0.3, 0.4) is 0 Å². The summed E-state index contributed by atoms with van der Waals surface area (Å²) < 4.78 is 40.2. The predicted molar refractivity (Wildman–Crippen MR) is 87.4 cm³/mol. The lowest BCUT2D eigenvalue weighted by Gasteiger charge is -2.23. The van der Waals surface area contributed by atoms with Gasteiger partial charge >= 0.3 is 0 Å². The number of hydrazine groups is 1. The quantitative estimate of drug-likeness (QED) is 0.453. The van der Waals surface area contributed by atoms with Crippen molar-refractivity contribution >= 4 is 37.5 Å². The standard InChI is InChI=1S/C14H13BrFN3O3S/c15-10-1-5-12(6-2-10)19(9-14(20)18-17)23(21,22)13-7-3-11(16)4-8-13/h1-8H,9,17H2,(H,18,20). The van der Waals surface area contributed by atoms with E-state index in [0.717, 1.165) is 33.0 Å². The molecule has 2 rings (SSSR count). The zero-order valence-corrected chi connectivity index (χ0v) is 14.1. The molecule has 0 spiro atoms. The van der Waals surface area contributed by atoms with Crippen LogP contribution in [-0.4, -0.2) is 20.9 Å². The smallest absolute Gasteiger partial charge is 0.264 e. The van der Waals surface area contributed by atoms with E-state index in [1.165, 1.54) is 12.1 Å². The van der Waals surface area contributed by atoms with Crippen LogP contribution in [0.15, 0.2) is 57.9 Å². The van der Waals surface area contributed by atoms with Crippen molar-refractivity contribution in [3.05, 3.63) is 58.8 Å². The fraction of sp³-hybridized carbons (Fsp3) is 0.0714. The molecule has 6 nitrogen and oxygen atoms in total. The minimum absolute atomic E-state index is 0.133. The molecule has 0 saturated heterocycles. The first kappa shape index (κ1) is 17.4. The molecule has 0 aliphatic heterocycles. The van der Waals surface area contributed by atoms with Crippen LogP contribution in [0.1, 0.15) is 0 Å². The maximum Gasteiger partial charge on any atom is 0.264 e. The summed E-state index contributed by atoms with van der Waals surface area (Å²) in [7, 11) is -4.05. The number of amides is 1. The minimum Gasteiger partial charge on any atom is -0.293 e. The Balaban J connectivity index is 2.49. The summed E-state index contributed by atoms with van der Waals surface area (Å²) in [5.74, 6) is 3.81. The van der Waals surface area contributed by atoms with Gasteiger partial charge in [0.1, 0.15) is 12.4 Å². The molecule has 0 aliphatic rings. The van der Waals surface area contributed by atoms with Gasteiger partial charge in [0.2, 0.25) is 0 Å². The lowest BCUT2D eigenvalue weighted by Crippen LogP contribution is -2.43. The number of hydrogen-bond acceptors (Lipinski definition) is 4. The molecule has 1 amide bonds. The van der Waals surface area contributed by atoms with Crippen molar-refractivity contribution < 1.29 is 17.6 Å². The fourth-order valence-electron chi connectivity index (χ4n) is 1.83. The van der Waals surface area contributed by atoms with Gasteiger partial charge < -0.3 is 0 Å². The molecule has 122 valence electrons. The van der Waals surface area contributed by atoms with E-state index in [4.69, 9.17) is 5.84 Å². The molecule has 9 heteroatoms. The number of carbonyl (C=O) groups is 1. The van der Waals surface area contributed by atoms with E-state index in [1.807, 2.05) is 5.43 Å². The van der Waals surface area contributed by atoms with Gasteiger partial charge in [0.15, 0.2) is 0 Å². The number of nitrogens with one attached hydrogen (secondary N) is 1. The summed E-state index contributed by atoms with van der Waals surface area (Å²) in [6, 6.07) is 10.7. The molecule has 0 radical (unpaired) electrons. The fourth-order valence-corrected chi connectivity index (χ4v) is 3.52. The summed E-state index contributed by atoms with van der Waals surface area (Å²) in [6.45, 7) is -0.502. The largest absolute Gasteiger partial charge is 0.293 e. The number of anilines is 1. The van der Waals surface area contributed by atoms with Crippen molar-refractivity contribution in [1.82, 2.24) is 5.43 Å². The third kappa shape index (κ3) is 4.06. The normalized spacial score (nSPS) is 11.1. The lowest BCUT2D eigenvalue weighted by atomic mass is 10.3. The minimum atomic E-state index is -4.05. The number of nitrogens with zero attached hydrogens (tertiary/aromatic N) is 1. The van der Waals surface area contributed by atoms with Crippen molar-refractivity contribution in [3.8, 4) is 0 Å². The number of sulfonamides is 1. The van der Waals surface area contributed by atoms with E-state index < -0.39 is 28.3 Å². The van der Waals surface area contributed by atoms with Crippen LogP contribution in [0, 0.1) is 5.82 Å². The molecule has 0 fully saturated rings. The average Bonchev–Trinajstić information content (AvgIpc) is 2.53. The van der Waals surface area contributed by atoms with Gasteiger partial charge in [0, 0.05) is 4.47 Å². The van der Waals surface area contributed by atoms with Crippen molar-refractivity contribution in [2.24, 2.45) is 5.84 Å². The Morgan fingerprint density at radius 2 is 1.70 bits per heavy atom. The van der Waals surface area contributed by atoms with Crippen molar-refractivity contribution in [3.63, 3.8) is 0 Å². The first-order chi connectivity index (χ1) is 10.8. The van der Waals surface area contributed by atoms with Gasteiger partial charge in [-0.15, -0.1) is 0 Å². The molecule has 0 unspecified atom stereocenters. The zero-order valence-electron chi connectivity index (χ0n) is 11.7. The molecule has 0 heterocycles. The van der Waals surface area contributed by atoms with Crippen LogP contribution >= 0.6 is 15.9 Å². The summed E-state index contributed by atoms with van der Waals surface area (Å²) in [6.07, 6.45) is 0. The molecule has 2 aromatic carbocycles. The highest BCUT2D eigenvalue weighted by Crippen LogP contribution is 2.25. The van der Waals surface area contributed by atoms with E-state index in [9.17, 15) is 17.6 Å². The van der Waals surface area contributed by atoms with E-state index >= 15 is 0 Å². The predicted octanol–water partition coefficient (Wildman–Crippen LogP) is 1.77. The second kappa shape index (κ2) is 7.07. The van der Waals surface area contributed by atoms with Gasteiger partial charge in [0.05, 0.1) is 10.6 Å². The second-order valence-electron chi connectivity index (χ2n) is 4.51. The number of benzene rings is 2. The highest BCUT2D eigenvalue weighted by Gasteiger charge is 2.27. The maximum atomic E-state index is 13.0. The monoisotopic (exact) mass is 401 g/mol. The summed E-state index contributed by atoms with van der Waals surface area (Å²) >= 11 is 3.25. The number of halogens is 2. The van der Waals surface area contributed by atoms with Crippen molar-refractivity contribution in [2.75, 3.05) is 10.8 Å². The number of hydrogen-bond donors (Lipinski definition) is 2. The van der Waals surface area contributed by atoms with Crippen molar-refractivity contribution in [1.29, 1.82) is 0 Å². The van der Waals surface area contributed by atoms with Gasteiger partial charge in [-0.05, 0) is 48.5 Å². The Morgan fingerprint density at radius 1 is 1.13 bits per heavy atom. The third-order valence-corrected chi connectivity index (χ3v) is 5.28. The Bertz CT molecular complexity index is 795. The van der Waals surface area contributed by atoms with Gasteiger partial charge in [-0.1, -0.05) is 15.9 Å². The molecular formula is C14H13BrFN3O3S. The molecule has 0 saturated carbocycles. The Kier molecular flexibility index (Phi) is 5.34. The van der Waals surface area contributed by atoms with Crippen LogP contribution < -0.4 is 15.6 Å². The topological polar surface area (TPSA) is 92.5 Å². The number of nitrogens with two attached hydrogens (primary N) is 1. The van der Waals surface area contributed by atoms with E-state index in [2.05, 4.69) is 15.9 Å². The van der Waals surface area contributed by atoms with Crippen molar-refractivity contribution in [2.45, 2.75) is 4.90 Å². The lowest BCUT2D eigenvalue weighted by molar-refractivity contribution is -0.119. The molecule has 2 aromatic rings. The summed E-state index contributed by atoms with van der Waals surface area (Å²) in [4.78, 5) is 11.5. The summed E-state index contributed by atoms with van der Waals surface area (Å²) in [5, 5.41) is 0. The van der Waals surface area contributed by atoms with E-state index in [0.29, 0.717) is 0 Å². The zero-order chi connectivity index (χ0) is 17.0. The molecule has 0 aromatic heterocycles. The maximum absolute atomic E-state index is 13.0. The van der Waals surface area contributed by atoms with Crippen LogP contribution in [0.25, 0.3) is 0 Å². The van der Waals surface area contributed by atoms with E-state index in [1.54, 1.807) is 12.1 Å². The molecular weight excluding hydrogens is 389 g/mol. The molecule has 0 bridgehead atoms. The SMILES string of the molecule is NNC(=O)CN(c1ccc(Br)cc1)S(=O)(=O)c1ccc(F)cc1. The number of rotatable bonds is 5. The average molecular weight is 402 g/mol. The van der Waals surface area contributed by atoms with Gasteiger partial charge in [-0.3, -0.25) is 14.5 Å². The second-order valence-corrected chi connectivity index (χ2v) is 7.29. The molecule has 23 heavy (non-hydrogen) atoms. The van der Waals surface area contributed by atoms with Gasteiger partial charge in [-0.2, -0.15) is 0 Å². The first-order valence-electron chi connectivity index (χ1n) is 6.38. The molecule has 0 atom stereocenters. The van der Waals surface area contributed by atoms with Crippen LogP contribution in [0.5, 0.6) is 0 Å². The van der Waals surface area contributed by atoms with E-state index in [-0.39, 0.29) is 10.6 Å². The highest BCUT2D eigenvalue weighted by molar-refractivity contribution is 9.10. The number of carbonyl (C=O) groups excluding carboxylic acids is 1. The molecule has 0 aliphatic carbocycles. The third-order valence-electron chi connectivity index (χ3n) is 2.96.